The number of halogens is 1. The first-order valence-electron chi connectivity index (χ1n) is 8.46. The number of aliphatic hydroxyl groups is 1. The zero-order chi connectivity index (χ0) is 19.6. The Bertz CT molecular complexity index is 997. The average molecular weight is 386 g/mol. The third-order valence-electron chi connectivity index (χ3n) is 4.73. The van der Waals surface area contributed by atoms with Crippen molar-refractivity contribution < 1.29 is 17.9 Å². The largest absolute Gasteiger partial charge is 0.395 e. The Kier molecular flexibility index (Phi) is 5.42. The zero-order valence-electron chi connectivity index (χ0n) is 14.7. The van der Waals surface area contributed by atoms with Crippen LogP contribution in [0.3, 0.4) is 0 Å². The maximum Gasteiger partial charge on any atom is 0.244 e. The van der Waals surface area contributed by atoms with Crippen molar-refractivity contribution in [1.29, 1.82) is 5.26 Å². The lowest BCUT2D eigenvalue weighted by Crippen LogP contribution is -2.65. The maximum atomic E-state index is 13.5. The van der Waals surface area contributed by atoms with Crippen LogP contribution in [0.25, 0.3) is 6.08 Å². The van der Waals surface area contributed by atoms with Crippen molar-refractivity contribution >= 4 is 16.1 Å². The second-order valence-corrected chi connectivity index (χ2v) is 8.15. The fourth-order valence-corrected chi connectivity index (χ4v) is 5.25. The van der Waals surface area contributed by atoms with Crippen LogP contribution in [-0.4, -0.2) is 36.5 Å². The molecule has 7 heteroatoms. The normalized spacial score (nSPS) is 23.1. The molecule has 140 valence electrons. The molecule has 0 amide bonds. The molecule has 0 unspecified atom stereocenters. The molecule has 0 spiro atoms. The van der Waals surface area contributed by atoms with Crippen LogP contribution in [0.2, 0.25) is 0 Å². The highest BCUT2D eigenvalue weighted by Gasteiger charge is 2.55. The molecule has 27 heavy (non-hydrogen) atoms. The van der Waals surface area contributed by atoms with Crippen LogP contribution in [0.1, 0.15) is 24.0 Å². The number of benzene rings is 2. The fraction of sp³-hybridized carbons (Fsp3) is 0.250. The lowest BCUT2D eigenvalue weighted by molar-refractivity contribution is 0.0556. The lowest BCUT2D eigenvalue weighted by atomic mass is 9.78. The molecular weight excluding hydrogens is 367 g/mol. The summed E-state index contributed by atoms with van der Waals surface area (Å²) < 4.78 is 40.3. The third-order valence-corrected chi connectivity index (χ3v) is 6.63. The SMILES string of the molecule is C/C=C/c1ccc([C@@H]2[C@@H](C#N)N(S(=O)(=O)c3cccc(F)c3)[C@@H]2CO)cc1. The molecule has 5 nitrogen and oxygen atoms in total. The monoisotopic (exact) mass is 386 g/mol. The number of nitriles is 1. The second-order valence-electron chi connectivity index (χ2n) is 6.31. The highest BCUT2D eigenvalue weighted by molar-refractivity contribution is 7.89. The van der Waals surface area contributed by atoms with Gasteiger partial charge in [0.2, 0.25) is 10.0 Å². The fourth-order valence-electron chi connectivity index (χ4n) is 3.47. The molecular formula is C20H19FN2O3S. The standard InChI is InChI=1S/C20H19FN2O3S/c1-2-4-14-7-9-15(10-8-14)20-18(12-22)23(19(20)13-24)27(25,26)17-6-3-5-16(21)11-17/h2-11,18-20,24H,13H2,1H3/b4-2+/t18-,19-,20-/m1/s1. The molecule has 0 radical (unpaired) electrons. The van der Waals surface area contributed by atoms with Gasteiger partial charge < -0.3 is 5.11 Å². The Hall–Kier alpha value is -2.53. The van der Waals surface area contributed by atoms with E-state index in [1.54, 1.807) is 0 Å². The zero-order valence-corrected chi connectivity index (χ0v) is 15.5. The van der Waals surface area contributed by atoms with Gasteiger partial charge in [-0.15, -0.1) is 0 Å². The molecule has 2 aromatic carbocycles. The minimum atomic E-state index is -4.11. The van der Waals surface area contributed by atoms with Crippen molar-refractivity contribution in [3.8, 4) is 6.07 Å². The maximum absolute atomic E-state index is 13.5. The van der Waals surface area contributed by atoms with Gasteiger partial charge in [0.15, 0.2) is 0 Å². The molecule has 3 rings (SSSR count). The summed E-state index contributed by atoms with van der Waals surface area (Å²) in [6, 6.07) is 12.3. The predicted molar refractivity (Wildman–Crippen MR) is 99.6 cm³/mol. The van der Waals surface area contributed by atoms with E-state index in [-0.39, 0.29) is 4.90 Å². The molecule has 0 bridgehead atoms. The van der Waals surface area contributed by atoms with Crippen LogP contribution in [-0.2, 0) is 10.0 Å². The second kappa shape index (κ2) is 7.61. The van der Waals surface area contributed by atoms with Crippen molar-refractivity contribution in [2.24, 2.45) is 0 Å². The van der Waals surface area contributed by atoms with Crippen molar-refractivity contribution in [2.75, 3.05) is 6.61 Å². The van der Waals surface area contributed by atoms with E-state index in [1.807, 2.05) is 49.4 Å². The smallest absolute Gasteiger partial charge is 0.244 e. The van der Waals surface area contributed by atoms with Gasteiger partial charge in [0, 0.05) is 5.92 Å². The summed E-state index contributed by atoms with van der Waals surface area (Å²) in [6.45, 7) is 1.47. The van der Waals surface area contributed by atoms with Crippen LogP contribution in [0.15, 0.2) is 59.5 Å². The van der Waals surface area contributed by atoms with E-state index in [2.05, 4.69) is 0 Å². The summed E-state index contributed by atoms with van der Waals surface area (Å²) in [4.78, 5) is -0.233. The van der Waals surface area contributed by atoms with E-state index in [9.17, 15) is 23.2 Å². The average Bonchev–Trinajstić information content (AvgIpc) is 2.63. The molecule has 1 N–H and O–H groups in total. The van der Waals surface area contributed by atoms with Crippen molar-refractivity contribution in [3.63, 3.8) is 0 Å². The molecule has 1 heterocycles. The quantitative estimate of drug-likeness (QED) is 0.857. The van der Waals surface area contributed by atoms with Gasteiger partial charge in [-0.05, 0) is 36.2 Å². The van der Waals surface area contributed by atoms with Crippen LogP contribution in [0.4, 0.5) is 4.39 Å². The first-order chi connectivity index (χ1) is 12.9. The highest BCUT2D eigenvalue weighted by Crippen LogP contribution is 2.44. The van der Waals surface area contributed by atoms with E-state index in [4.69, 9.17) is 0 Å². The van der Waals surface area contributed by atoms with E-state index in [0.717, 1.165) is 27.6 Å². The lowest BCUT2D eigenvalue weighted by Gasteiger charge is -2.50. The number of nitrogens with zero attached hydrogens (tertiary/aromatic N) is 2. The van der Waals surface area contributed by atoms with E-state index in [1.165, 1.54) is 12.1 Å². The number of allylic oxidation sites excluding steroid dienone is 1. The summed E-state index contributed by atoms with van der Waals surface area (Å²) in [6.07, 6.45) is 3.83. The predicted octanol–water partition coefficient (Wildman–Crippen LogP) is 2.90. The van der Waals surface area contributed by atoms with Crippen molar-refractivity contribution in [2.45, 2.75) is 29.8 Å². The molecule has 0 aromatic heterocycles. The van der Waals surface area contributed by atoms with E-state index in [0.29, 0.717) is 0 Å². The van der Waals surface area contributed by atoms with Crippen LogP contribution < -0.4 is 0 Å². The summed E-state index contributed by atoms with van der Waals surface area (Å²) in [5, 5.41) is 19.4. The van der Waals surface area contributed by atoms with Gasteiger partial charge in [-0.25, -0.2) is 12.8 Å². The first-order valence-corrected chi connectivity index (χ1v) is 9.90. The van der Waals surface area contributed by atoms with Crippen LogP contribution >= 0.6 is 0 Å². The minimum Gasteiger partial charge on any atom is -0.395 e. The summed E-state index contributed by atoms with van der Waals surface area (Å²) in [5.41, 5.74) is 1.76. The third kappa shape index (κ3) is 3.39. The molecule has 1 fully saturated rings. The topological polar surface area (TPSA) is 81.4 Å². The van der Waals surface area contributed by atoms with Gasteiger partial charge in [-0.2, -0.15) is 9.57 Å². The van der Waals surface area contributed by atoms with Gasteiger partial charge >= 0.3 is 0 Å². The van der Waals surface area contributed by atoms with Gasteiger partial charge in [-0.3, -0.25) is 0 Å². The molecule has 1 aliphatic heterocycles. The molecule has 3 atom stereocenters. The van der Waals surface area contributed by atoms with Crippen LogP contribution in [0, 0.1) is 17.1 Å². The van der Waals surface area contributed by atoms with Crippen molar-refractivity contribution in [3.05, 3.63) is 71.6 Å². The Morgan fingerprint density at radius 3 is 2.52 bits per heavy atom. The summed E-state index contributed by atoms with van der Waals surface area (Å²) in [5.74, 6) is -1.13. The summed E-state index contributed by atoms with van der Waals surface area (Å²) >= 11 is 0. The Balaban J connectivity index is 1.96. The van der Waals surface area contributed by atoms with Crippen molar-refractivity contribution in [1.82, 2.24) is 4.31 Å². The van der Waals surface area contributed by atoms with Crippen LogP contribution in [0.5, 0.6) is 0 Å². The Morgan fingerprint density at radius 1 is 1.26 bits per heavy atom. The molecule has 1 aliphatic rings. The van der Waals surface area contributed by atoms with E-state index >= 15 is 0 Å². The van der Waals surface area contributed by atoms with Gasteiger partial charge in [0.05, 0.1) is 23.6 Å². The Labute approximate surface area is 158 Å². The number of hydrogen-bond acceptors (Lipinski definition) is 4. The Morgan fingerprint density at radius 2 is 1.96 bits per heavy atom. The number of hydrogen-bond donors (Lipinski definition) is 1. The number of aliphatic hydroxyl groups excluding tert-OH is 1. The van der Waals surface area contributed by atoms with Gasteiger partial charge in [-0.1, -0.05) is 42.5 Å². The number of rotatable bonds is 5. The molecule has 2 aromatic rings. The van der Waals surface area contributed by atoms with Gasteiger partial charge in [0.1, 0.15) is 11.9 Å². The molecule has 1 saturated heterocycles. The highest BCUT2D eigenvalue weighted by atomic mass is 32.2. The van der Waals surface area contributed by atoms with Gasteiger partial charge in [0.25, 0.3) is 0 Å². The molecule has 0 saturated carbocycles. The van der Waals surface area contributed by atoms with E-state index < -0.39 is 40.4 Å². The number of sulfonamides is 1. The molecule has 0 aliphatic carbocycles. The first kappa shape index (κ1) is 19.2. The summed E-state index contributed by atoms with van der Waals surface area (Å²) in [7, 11) is -4.11. The minimum absolute atomic E-state index is 0.233.